The number of halogens is 20. The van der Waals surface area contributed by atoms with Gasteiger partial charge < -0.3 is 7.13 Å². The van der Waals surface area contributed by atoms with E-state index in [0.29, 0.717) is 0 Å². The first-order valence-corrected chi connectivity index (χ1v) is 0. The average molecular weight is 601 g/mol. The van der Waals surface area contributed by atoms with E-state index >= 15 is 0 Å². The summed E-state index contributed by atoms with van der Waals surface area (Å²) in [6.45, 7) is 0. The second kappa shape index (κ2) is 594. The van der Waals surface area contributed by atoms with Crippen LogP contribution in [-0.4, -0.2) is 0 Å². The minimum atomic E-state index is 0. The van der Waals surface area contributed by atoms with Gasteiger partial charge in [-0.15, -0.1) is 0 Å². The molecule has 0 aromatic heterocycles. The van der Waals surface area contributed by atoms with Gasteiger partial charge in [0, 0.05) is 0 Å². The maximum absolute atomic E-state index is 0. The Kier molecular flexibility index (Phi) is 15500. The average Bonchev–Trinajstić information content (AvgIpc) is 0. The molecule has 0 nitrogen and oxygen atoms in total. The fourth-order valence-corrected chi connectivity index (χ4v) is 0. The van der Waals surface area contributed by atoms with Crippen LogP contribution in [0, 0.1) is 0 Å². The van der Waals surface area contributed by atoms with Gasteiger partial charge in [-0.3, -0.25) is 94.1 Å². The Hall–Kier alpha value is 6.78. The summed E-state index contributed by atoms with van der Waals surface area (Å²) in [6.07, 6.45) is 0. The summed E-state index contributed by atoms with van der Waals surface area (Å²) in [4.78, 5) is 0. The van der Waals surface area contributed by atoms with Gasteiger partial charge in [-0.2, -0.15) is 0 Å². The van der Waals surface area contributed by atoms with Gasteiger partial charge in [0.1, 0.15) is 0 Å². The molecule has 0 unspecified atom stereocenters. The Bertz CT molecular complexity index is 37.5. The number of hydrogen-bond acceptors (Lipinski definition) is 0. The van der Waals surface area contributed by atoms with Crippen molar-refractivity contribution in [2.45, 2.75) is 0 Å². The van der Waals surface area contributed by atoms with Crippen molar-refractivity contribution in [1.29, 1.82) is 0 Å². The molecule has 0 radical (unpaired) electrons. The zero-order chi connectivity index (χ0) is 0. The quantitative estimate of drug-likeness (QED) is 0.192. The Morgan fingerprint density at radius 2 is 0.120 bits per heavy atom. The van der Waals surface area contributed by atoms with Gasteiger partial charge in [0.15, 0.2) is 0 Å². The summed E-state index contributed by atoms with van der Waals surface area (Å²) in [5.74, 6) is 0. The van der Waals surface area contributed by atoms with Crippen LogP contribution in [0.1, 0.15) is 7.13 Å². The van der Waals surface area contributed by atoms with Gasteiger partial charge in [-0.05, 0) is 0 Å². The topological polar surface area (TPSA) is 0 Å². The molecule has 25 heteroatoms. The van der Waals surface area contributed by atoms with Crippen molar-refractivity contribution in [1.82, 2.24) is 0 Å². The van der Waals surface area contributed by atoms with Gasteiger partial charge in [-0.1, -0.05) is 0 Å². The molecular weight excluding hydrogens is 575 g/mol. The molecule has 0 aliphatic carbocycles. The van der Waals surface area contributed by atoms with Crippen molar-refractivity contribution < 1.29 is 358 Å². The van der Waals surface area contributed by atoms with Crippen molar-refractivity contribution in [3.05, 3.63) is 0 Å². The molecule has 0 aromatic rings. The molecule has 25 heavy (non-hydrogen) atoms. The van der Waals surface area contributed by atoms with Crippen molar-refractivity contribution in [3.63, 3.8) is 0 Å². The minimum absolute atomic E-state index is 0. The van der Waals surface area contributed by atoms with E-state index in [-0.39, 0.29) is 358 Å². The molecule has 0 bridgehead atoms. The number of rotatable bonds is 0. The van der Waals surface area contributed by atoms with Crippen LogP contribution in [0.4, 0.5) is 94.1 Å². The zero-order valence-corrected chi connectivity index (χ0v) is 28.8. The van der Waals surface area contributed by atoms with E-state index in [4.69, 9.17) is 0 Å². The summed E-state index contributed by atoms with van der Waals surface area (Å²) in [7, 11) is 0. The predicted octanol–water partition coefficient (Wildman–Crippen LogP) is -11.4. The Morgan fingerprint density at radius 1 is 0.120 bits per heavy atom. The predicted molar refractivity (Wildman–Crippen MR) is 55.6 cm³/mol. The van der Waals surface area contributed by atoms with Crippen LogP contribution in [0.15, 0.2) is 0 Å². The van der Waals surface area contributed by atoms with Crippen molar-refractivity contribution >= 4 is 0 Å². The fraction of sp³-hybridized carbons (Fsp3) is 0. The van der Waals surface area contributed by atoms with E-state index in [1.165, 1.54) is 0 Å². The molecule has 0 saturated heterocycles. The summed E-state index contributed by atoms with van der Waals surface area (Å²) in [5.41, 5.74) is 0. The van der Waals surface area contributed by atoms with E-state index in [1.807, 2.05) is 0 Å². The van der Waals surface area contributed by atoms with Crippen molar-refractivity contribution in [3.8, 4) is 0 Å². The van der Waals surface area contributed by atoms with E-state index in [9.17, 15) is 0 Å². The normalized spacial score (nSPS) is 0. The molecule has 0 saturated carbocycles. The molecule has 0 spiro atoms. The largest absolute Gasteiger partial charge is 1.00 e. The van der Waals surface area contributed by atoms with E-state index in [0.717, 1.165) is 0 Å². The van der Waals surface area contributed by atoms with Crippen LogP contribution in [0.5, 0.6) is 0 Å². The summed E-state index contributed by atoms with van der Waals surface area (Å²) in [6, 6.07) is 0. The Morgan fingerprint density at radius 3 is 0.120 bits per heavy atom. The Labute approximate surface area is 348 Å². The van der Waals surface area contributed by atoms with Crippen molar-refractivity contribution in [2.24, 2.45) is 0 Å². The van der Waals surface area contributed by atoms with Gasteiger partial charge in [0.25, 0.3) is 0 Å². The van der Waals surface area contributed by atoms with Gasteiger partial charge in [0.2, 0.25) is 0 Å². The molecule has 0 atom stereocenters. The van der Waals surface area contributed by atoms with Crippen LogP contribution in [0.25, 0.3) is 0 Å². The first-order chi connectivity index (χ1) is 0. The SMILES string of the molecule is F.F.F.F.F.F.F.F.F.F.F.F.F.F.F.F.F.F.F.F.[H-].[H-].[H-].[H-].[H-].[K+].[K+].[K+].[K+].[K+]. The van der Waals surface area contributed by atoms with Crippen molar-refractivity contribution in [2.75, 3.05) is 0 Å². The molecule has 170 valence electrons. The summed E-state index contributed by atoms with van der Waals surface area (Å²) >= 11 is 0. The number of hydrogen-bond donors (Lipinski definition) is 0. The van der Waals surface area contributed by atoms with Crippen LogP contribution in [0.2, 0.25) is 0 Å². The molecule has 0 fully saturated rings. The van der Waals surface area contributed by atoms with Gasteiger partial charge in [-0.25, -0.2) is 0 Å². The van der Waals surface area contributed by atoms with Crippen LogP contribution < -0.4 is 257 Å². The molecule has 0 aliphatic rings. The van der Waals surface area contributed by atoms with E-state index in [1.54, 1.807) is 0 Å². The third-order valence-corrected chi connectivity index (χ3v) is 0. The van der Waals surface area contributed by atoms with Gasteiger partial charge >= 0.3 is 257 Å². The summed E-state index contributed by atoms with van der Waals surface area (Å²) < 4.78 is 0. The molecule has 0 aromatic carbocycles. The third kappa shape index (κ3) is 554. The fourth-order valence-electron chi connectivity index (χ4n) is 0. The molecule has 0 amide bonds. The van der Waals surface area contributed by atoms with Gasteiger partial charge in [0.05, 0.1) is 0 Å². The van der Waals surface area contributed by atoms with E-state index < -0.39 is 0 Å². The van der Waals surface area contributed by atoms with Crippen LogP contribution in [-0.2, 0) is 0 Å². The standard InChI is InChI=1S/20FH.5K.5H/h20*1H;;;;;;;;;;/q;;;;;;;;;;;;;;;;;;;;5*+1;5*-1. The first kappa shape index (κ1) is 655. The maximum Gasteiger partial charge on any atom is 1.00 e. The minimum Gasteiger partial charge on any atom is -1.00 e. The van der Waals surface area contributed by atoms with E-state index in [2.05, 4.69) is 0 Å². The maximum atomic E-state index is 0. The summed E-state index contributed by atoms with van der Waals surface area (Å²) in [5, 5.41) is 0. The second-order valence-electron chi connectivity index (χ2n) is 0. The third-order valence-electron chi connectivity index (χ3n) is 0. The Balaban J connectivity index is 0. The molecular formula is H25F20K5. The first-order valence-electron chi connectivity index (χ1n) is 0. The van der Waals surface area contributed by atoms with Crippen LogP contribution in [0.3, 0.4) is 0 Å². The zero-order valence-electron chi connectivity index (χ0n) is 18.2. The molecule has 0 heterocycles. The second-order valence-corrected chi connectivity index (χ2v) is 0. The smallest absolute Gasteiger partial charge is 1.00 e. The monoisotopic (exact) mass is 600 g/mol. The molecule has 0 rings (SSSR count). The van der Waals surface area contributed by atoms with Crippen LogP contribution >= 0.6 is 0 Å². The molecule has 0 aliphatic heterocycles. The molecule has 0 N–H and O–H groups in total.